The van der Waals surface area contributed by atoms with E-state index in [1.807, 2.05) is 48.7 Å². The minimum atomic E-state index is 0.443. The van der Waals surface area contributed by atoms with Gasteiger partial charge in [-0.05, 0) is 42.7 Å². The summed E-state index contributed by atoms with van der Waals surface area (Å²) in [6.45, 7) is 0.646. The van der Waals surface area contributed by atoms with Crippen molar-refractivity contribution >= 4 is 23.4 Å². The fraction of sp³-hybridized carbons (Fsp3) is 0.318. The van der Waals surface area contributed by atoms with Crippen molar-refractivity contribution in [3.05, 3.63) is 65.4 Å². The van der Waals surface area contributed by atoms with Crippen LogP contribution in [0.5, 0.6) is 0 Å². The Morgan fingerprint density at radius 3 is 2.68 bits per heavy atom. The smallest absolute Gasteiger partial charge is 0.225 e. The number of halogens is 1. The Balaban J connectivity index is 1.57. The van der Waals surface area contributed by atoms with Crippen molar-refractivity contribution < 1.29 is 0 Å². The molecule has 1 aromatic carbocycles. The van der Waals surface area contributed by atoms with Crippen molar-refractivity contribution in [2.75, 3.05) is 10.6 Å². The normalized spacial score (nSPS) is 14.6. The van der Waals surface area contributed by atoms with Crippen LogP contribution in [0.15, 0.2) is 54.9 Å². The highest BCUT2D eigenvalue weighted by molar-refractivity contribution is 6.30. The number of hydrogen-bond donors (Lipinski definition) is 2. The standard InChI is InChI=1S/C22H24ClN5/c23-18-8-4-6-16(12-18)14-25-21-13-20(17-7-5-11-24-15-17)27-22(28-21)26-19-9-2-1-3-10-19/h4-8,11-13,15,19H,1-3,9-10,14H2,(H2,25,26,27,28). The van der Waals surface area contributed by atoms with Crippen LogP contribution in [-0.4, -0.2) is 21.0 Å². The molecule has 0 amide bonds. The minimum absolute atomic E-state index is 0.443. The Hall–Kier alpha value is -2.66. The second-order valence-electron chi connectivity index (χ2n) is 7.17. The van der Waals surface area contributed by atoms with Gasteiger partial charge < -0.3 is 10.6 Å². The number of nitrogens with one attached hydrogen (secondary N) is 2. The van der Waals surface area contributed by atoms with Crippen molar-refractivity contribution in [1.29, 1.82) is 0 Å². The largest absolute Gasteiger partial charge is 0.366 e. The molecule has 28 heavy (non-hydrogen) atoms. The quantitative estimate of drug-likeness (QED) is 0.575. The maximum Gasteiger partial charge on any atom is 0.225 e. The molecule has 2 N–H and O–H groups in total. The molecular weight excluding hydrogens is 370 g/mol. The van der Waals surface area contributed by atoms with E-state index in [4.69, 9.17) is 21.6 Å². The Morgan fingerprint density at radius 1 is 1.00 bits per heavy atom. The molecular formula is C22H24ClN5. The molecule has 1 fully saturated rings. The molecule has 4 rings (SSSR count). The van der Waals surface area contributed by atoms with Crippen LogP contribution in [0.25, 0.3) is 11.3 Å². The zero-order valence-corrected chi connectivity index (χ0v) is 16.5. The molecule has 1 saturated carbocycles. The van der Waals surface area contributed by atoms with E-state index < -0.39 is 0 Å². The van der Waals surface area contributed by atoms with Gasteiger partial charge in [0.25, 0.3) is 0 Å². The lowest BCUT2D eigenvalue weighted by atomic mass is 9.96. The second kappa shape index (κ2) is 9.02. The summed E-state index contributed by atoms with van der Waals surface area (Å²) < 4.78 is 0. The summed E-state index contributed by atoms with van der Waals surface area (Å²) in [7, 11) is 0. The van der Waals surface area contributed by atoms with Crippen LogP contribution in [-0.2, 0) is 6.54 Å². The first-order chi connectivity index (χ1) is 13.8. The molecule has 2 aromatic heterocycles. The summed E-state index contributed by atoms with van der Waals surface area (Å²) >= 11 is 6.10. The molecule has 0 bridgehead atoms. The first kappa shape index (κ1) is 18.7. The van der Waals surface area contributed by atoms with E-state index in [9.17, 15) is 0 Å². The first-order valence-electron chi connectivity index (χ1n) is 9.80. The van der Waals surface area contributed by atoms with Crippen LogP contribution in [0.1, 0.15) is 37.7 Å². The lowest BCUT2D eigenvalue weighted by molar-refractivity contribution is 0.461. The topological polar surface area (TPSA) is 62.7 Å². The number of benzene rings is 1. The van der Waals surface area contributed by atoms with Crippen molar-refractivity contribution in [2.24, 2.45) is 0 Å². The lowest BCUT2D eigenvalue weighted by Gasteiger charge is -2.23. The monoisotopic (exact) mass is 393 g/mol. The third-order valence-electron chi connectivity index (χ3n) is 4.98. The Morgan fingerprint density at radius 2 is 1.89 bits per heavy atom. The summed E-state index contributed by atoms with van der Waals surface area (Å²) in [5.74, 6) is 1.45. The number of aromatic nitrogens is 3. The maximum atomic E-state index is 6.10. The van der Waals surface area contributed by atoms with Crippen LogP contribution >= 0.6 is 11.6 Å². The number of rotatable bonds is 6. The molecule has 1 aliphatic carbocycles. The number of anilines is 2. The summed E-state index contributed by atoms with van der Waals surface area (Å²) in [6, 6.07) is 14.2. The van der Waals surface area contributed by atoms with Gasteiger partial charge in [0.1, 0.15) is 5.82 Å². The van der Waals surface area contributed by atoms with Crippen LogP contribution in [0.2, 0.25) is 5.02 Å². The third-order valence-corrected chi connectivity index (χ3v) is 5.22. The fourth-order valence-corrected chi connectivity index (χ4v) is 3.75. The predicted molar refractivity (Wildman–Crippen MR) is 115 cm³/mol. The summed E-state index contributed by atoms with van der Waals surface area (Å²) in [4.78, 5) is 13.7. The van der Waals surface area contributed by atoms with E-state index in [1.54, 1.807) is 6.20 Å². The van der Waals surface area contributed by atoms with Gasteiger partial charge in [-0.15, -0.1) is 0 Å². The van der Waals surface area contributed by atoms with Crippen molar-refractivity contribution in [2.45, 2.75) is 44.7 Å². The average molecular weight is 394 g/mol. The predicted octanol–water partition coefficient (Wildman–Crippen LogP) is 5.55. The number of pyridine rings is 1. The Labute approximate surface area is 170 Å². The molecule has 6 heteroatoms. The van der Waals surface area contributed by atoms with E-state index in [-0.39, 0.29) is 0 Å². The fourth-order valence-electron chi connectivity index (χ4n) is 3.53. The molecule has 0 spiro atoms. The first-order valence-corrected chi connectivity index (χ1v) is 10.2. The van der Waals surface area contributed by atoms with Gasteiger partial charge >= 0.3 is 0 Å². The lowest BCUT2D eigenvalue weighted by Crippen LogP contribution is -2.23. The van der Waals surface area contributed by atoms with Crippen LogP contribution in [0.4, 0.5) is 11.8 Å². The van der Waals surface area contributed by atoms with E-state index in [1.165, 1.54) is 32.1 Å². The van der Waals surface area contributed by atoms with Gasteiger partial charge in [0.05, 0.1) is 5.69 Å². The zero-order chi connectivity index (χ0) is 19.2. The molecule has 1 aliphatic rings. The number of hydrogen-bond acceptors (Lipinski definition) is 5. The van der Waals surface area contributed by atoms with Crippen LogP contribution in [0.3, 0.4) is 0 Å². The van der Waals surface area contributed by atoms with Crippen molar-refractivity contribution in [3.63, 3.8) is 0 Å². The van der Waals surface area contributed by atoms with Gasteiger partial charge in [-0.25, -0.2) is 4.98 Å². The molecule has 0 atom stereocenters. The minimum Gasteiger partial charge on any atom is -0.366 e. The number of nitrogens with zero attached hydrogens (tertiary/aromatic N) is 3. The van der Waals surface area contributed by atoms with E-state index in [0.717, 1.165) is 27.7 Å². The summed E-state index contributed by atoms with van der Waals surface area (Å²) in [5.41, 5.74) is 2.94. The highest BCUT2D eigenvalue weighted by Gasteiger charge is 2.15. The van der Waals surface area contributed by atoms with Crippen LogP contribution in [0, 0.1) is 0 Å². The molecule has 144 valence electrons. The van der Waals surface area contributed by atoms with E-state index >= 15 is 0 Å². The Bertz CT molecular complexity index is 910. The zero-order valence-electron chi connectivity index (χ0n) is 15.7. The van der Waals surface area contributed by atoms with Crippen molar-refractivity contribution in [3.8, 4) is 11.3 Å². The highest BCUT2D eigenvalue weighted by atomic mass is 35.5. The average Bonchev–Trinajstić information content (AvgIpc) is 2.74. The van der Waals surface area contributed by atoms with Gasteiger partial charge in [-0.1, -0.05) is 43.0 Å². The van der Waals surface area contributed by atoms with Gasteiger partial charge in [-0.2, -0.15) is 4.98 Å². The molecule has 3 aromatic rings. The summed E-state index contributed by atoms with van der Waals surface area (Å²) in [5, 5.41) is 7.67. The molecule has 2 heterocycles. The van der Waals surface area contributed by atoms with Crippen LogP contribution < -0.4 is 10.6 Å². The molecule has 0 aliphatic heterocycles. The maximum absolute atomic E-state index is 6.10. The highest BCUT2D eigenvalue weighted by Crippen LogP contribution is 2.24. The Kier molecular flexibility index (Phi) is 6.02. The summed E-state index contributed by atoms with van der Waals surface area (Å²) in [6.07, 6.45) is 9.79. The van der Waals surface area contributed by atoms with E-state index in [2.05, 4.69) is 15.6 Å². The van der Waals surface area contributed by atoms with Crippen molar-refractivity contribution in [1.82, 2.24) is 15.0 Å². The molecule has 0 radical (unpaired) electrons. The van der Waals surface area contributed by atoms with E-state index in [0.29, 0.717) is 18.5 Å². The van der Waals surface area contributed by atoms with Gasteiger partial charge in [0.2, 0.25) is 5.95 Å². The van der Waals surface area contributed by atoms with Gasteiger partial charge in [0.15, 0.2) is 0 Å². The van der Waals surface area contributed by atoms with Gasteiger partial charge in [-0.3, -0.25) is 4.98 Å². The molecule has 5 nitrogen and oxygen atoms in total. The molecule has 0 saturated heterocycles. The third kappa shape index (κ3) is 4.98. The van der Waals surface area contributed by atoms with Gasteiger partial charge in [0, 0.05) is 41.6 Å². The SMILES string of the molecule is Clc1cccc(CNc2cc(-c3cccnc3)nc(NC3CCCCC3)n2)c1. The molecule has 0 unspecified atom stereocenters. The second-order valence-corrected chi connectivity index (χ2v) is 7.60.